The van der Waals surface area contributed by atoms with Gasteiger partial charge < -0.3 is 18.6 Å². The van der Waals surface area contributed by atoms with Crippen molar-refractivity contribution in [2.45, 2.75) is 92.0 Å². The van der Waals surface area contributed by atoms with E-state index in [-0.39, 0.29) is 34.9 Å². The van der Waals surface area contributed by atoms with Gasteiger partial charge in [0.1, 0.15) is 18.3 Å². The molecule has 3 aliphatic carbocycles. The van der Waals surface area contributed by atoms with Crippen molar-refractivity contribution >= 4 is 17.9 Å². The maximum atomic E-state index is 12.7. The molecule has 2 saturated carbocycles. The zero-order chi connectivity index (χ0) is 26.4. The molecular formula is C29H38O7. The Morgan fingerprint density at radius 1 is 1.06 bits per heavy atom. The van der Waals surface area contributed by atoms with E-state index >= 15 is 0 Å². The number of furan rings is 1. The molecule has 7 nitrogen and oxygen atoms in total. The van der Waals surface area contributed by atoms with Gasteiger partial charge in [-0.2, -0.15) is 0 Å². The van der Waals surface area contributed by atoms with Gasteiger partial charge in [0.15, 0.2) is 0 Å². The van der Waals surface area contributed by atoms with Crippen LogP contribution < -0.4 is 0 Å². The summed E-state index contributed by atoms with van der Waals surface area (Å²) in [7, 11) is 0. The van der Waals surface area contributed by atoms with Crippen LogP contribution in [0.15, 0.2) is 46.1 Å². The summed E-state index contributed by atoms with van der Waals surface area (Å²) in [6.45, 7) is 15.9. The minimum absolute atomic E-state index is 0.0407. The van der Waals surface area contributed by atoms with E-state index < -0.39 is 29.7 Å². The lowest BCUT2D eigenvalue weighted by Gasteiger charge is -2.58. The molecule has 2 bridgehead atoms. The second-order valence-electron chi connectivity index (χ2n) is 11.5. The molecule has 6 atom stereocenters. The van der Waals surface area contributed by atoms with E-state index in [9.17, 15) is 14.4 Å². The summed E-state index contributed by atoms with van der Waals surface area (Å²) in [4.78, 5) is 37.5. The van der Waals surface area contributed by atoms with E-state index in [0.29, 0.717) is 24.8 Å². The molecule has 2 fully saturated rings. The summed E-state index contributed by atoms with van der Waals surface area (Å²) in [6.07, 6.45) is 3.45. The Labute approximate surface area is 213 Å². The molecule has 1 aromatic rings. The highest BCUT2D eigenvalue weighted by atomic mass is 16.6. The number of ether oxygens (including phenoxy) is 3. The molecule has 0 aromatic carbocycles. The van der Waals surface area contributed by atoms with Gasteiger partial charge in [-0.15, -0.1) is 0 Å². The number of esters is 3. The minimum Gasteiger partial charge on any atom is -0.462 e. The van der Waals surface area contributed by atoms with E-state index in [1.165, 1.54) is 31.3 Å². The van der Waals surface area contributed by atoms with Crippen LogP contribution in [-0.2, 0) is 23.8 Å². The van der Waals surface area contributed by atoms with Crippen LogP contribution in [0.2, 0.25) is 0 Å². The molecule has 0 N–H and O–H groups in total. The number of hydrogen-bond donors (Lipinski definition) is 0. The quantitative estimate of drug-likeness (QED) is 0.294. The van der Waals surface area contributed by atoms with Crippen LogP contribution in [0.4, 0.5) is 0 Å². The van der Waals surface area contributed by atoms with Crippen LogP contribution in [0.25, 0.3) is 0 Å². The number of carbonyl (C=O) groups excluding carboxylic acids is 3. The lowest BCUT2D eigenvalue weighted by Crippen LogP contribution is -2.59. The van der Waals surface area contributed by atoms with E-state index in [4.69, 9.17) is 18.6 Å². The first-order valence-electron chi connectivity index (χ1n) is 12.8. The summed E-state index contributed by atoms with van der Waals surface area (Å²) in [6, 6.07) is 3.20. The normalized spacial score (nSPS) is 33.6. The Morgan fingerprint density at radius 3 is 2.36 bits per heavy atom. The molecule has 1 aromatic heterocycles. The van der Waals surface area contributed by atoms with Crippen molar-refractivity contribution in [3.63, 3.8) is 0 Å². The average Bonchev–Trinajstić information content (AvgIpc) is 3.31. The highest BCUT2D eigenvalue weighted by Crippen LogP contribution is 2.60. The Hall–Kier alpha value is -2.83. The molecule has 0 saturated heterocycles. The zero-order valence-corrected chi connectivity index (χ0v) is 22.2. The van der Waals surface area contributed by atoms with Crippen LogP contribution in [0.1, 0.15) is 84.2 Å². The maximum absolute atomic E-state index is 12.7. The molecule has 4 rings (SSSR count). The topological polar surface area (TPSA) is 92.0 Å². The summed E-state index contributed by atoms with van der Waals surface area (Å²) in [5.74, 6) is -1.46. The Balaban J connectivity index is 1.81. The summed E-state index contributed by atoms with van der Waals surface area (Å²) >= 11 is 0. The third-order valence-corrected chi connectivity index (χ3v) is 8.95. The fraction of sp³-hybridized carbons (Fsp3) is 0.621. The Bertz CT molecular complexity index is 1080. The van der Waals surface area contributed by atoms with Crippen molar-refractivity contribution in [2.75, 3.05) is 0 Å². The van der Waals surface area contributed by atoms with Gasteiger partial charge in [0.2, 0.25) is 5.76 Å². The second-order valence-corrected chi connectivity index (χ2v) is 11.5. The number of carbonyl (C=O) groups is 3. The molecule has 196 valence electrons. The fourth-order valence-corrected chi connectivity index (χ4v) is 7.11. The third-order valence-electron chi connectivity index (χ3n) is 8.95. The molecule has 36 heavy (non-hydrogen) atoms. The van der Waals surface area contributed by atoms with E-state index in [0.717, 1.165) is 12.8 Å². The smallest absolute Gasteiger partial charge is 0.374 e. The van der Waals surface area contributed by atoms with Crippen molar-refractivity contribution in [1.29, 1.82) is 0 Å². The van der Waals surface area contributed by atoms with Gasteiger partial charge in [-0.25, -0.2) is 4.79 Å². The molecule has 0 aliphatic heterocycles. The van der Waals surface area contributed by atoms with Crippen molar-refractivity contribution in [1.82, 2.24) is 0 Å². The molecular weight excluding hydrogens is 460 g/mol. The Kier molecular flexibility index (Phi) is 6.97. The maximum Gasteiger partial charge on any atom is 0.374 e. The van der Waals surface area contributed by atoms with Crippen molar-refractivity contribution in [3.8, 4) is 0 Å². The van der Waals surface area contributed by atoms with Gasteiger partial charge in [-0.3, -0.25) is 9.59 Å². The van der Waals surface area contributed by atoms with Gasteiger partial charge >= 0.3 is 17.9 Å². The first-order chi connectivity index (χ1) is 16.9. The van der Waals surface area contributed by atoms with E-state index in [1.807, 2.05) is 0 Å². The zero-order valence-electron chi connectivity index (χ0n) is 22.2. The molecule has 2 unspecified atom stereocenters. The van der Waals surface area contributed by atoms with Gasteiger partial charge in [0, 0.05) is 37.5 Å². The first kappa shape index (κ1) is 26.2. The lowest BCUT2D eigenvalue weighted by molar-refractivity contribution is -0.181. The first-order valence-corrected chi connectivity index (χ1v) is 12.8. The van der Waals surface area contributed by atoms with Crippen LogP contribution >= 0.6 is 0 Å². The molecule has 3 aliphatic rings. The minimum atomic E-state index is -0.570. The predicted octanol–water partition coefficient (Wildman–Crippen LogP) is 5.80. The molecule has 7 heteroatoms. The fourth-order valence-electron chi connectivity index (χ4n) is 7.11. The highest BCUT2D eigenvalue weighted by Gasteiger charge is 2.60. The summed E-state index contributed by atoms with van der Waals surface area (Å²) in [5, 5.41) is 0. The number of rotatable bonds is 4. The van der Waals surface area contributed by atoms with Crippen LogP contribution in [0, 0.1) is 22.7 Å². The summed E-state index contributed by atoms with van der Waals surface area (Å²) < 4.78 is 23.3. The largest absolute Gasteiger partial charge is 0.462 e. The predicted molar refractivity (Wildman–Crippen MR) is 133 cm³/mol. The van der Waals surface area contributed by atoms with Gasteiger partial charge in [0.05, 0.1) is 6.26 Å². The molecule has 0 spiro atoms. The van der Waals surface area contributed by atoms with Crippen molar-refractivity contribution < 1.29 is 33.0 Å². The standard InChI is InChI=1S/C29H38O7/c1-16-10-11-20-26(35-19(4)31)25-17(2)22(36-27(32)23-9-8-14-33-23)12-13-29(25,7)24(34-18(3)30)15-21(16)28(20,5)6/h8-9,14,20,22,24-26H,2,10-13,15H2,1,3-7H3/t20?,22-,24+,25?,26+,29-/m0/s1. The van der Waals surface area contributed by atoms with Gasteiger partial charge in [-0.1, -0.05) is 38.5 Å². The molecule has 0 amide bonds. The van der Waals surface area contributed by atoms with E-state index in [1.54, 1.807) is 12.1 Å². The van der Waals surface area contributed by atoms with E-state index in [2.05, 4.69) is 34.3 Å². The van der Waals surface area contributed by atoms with Crippen molar-refractivity contribution in [3.05, 3.63) is 47.5 Å². The summed E-state index contributed by atoms with van der Waals surface area (Å²) in [5.41, 5.74) is 2.45. The van der Waals surface area contributed by atoms with Crippen molar-refractivity contribution in [2.24, 2.45) is 22.7 Å². The van der Waals surface area contributed by atoms with Crippen LogP contribution in [-0.4, -0.2) is 36.2 Å². The SMILES string of the molecule is C=C1C2[C@H](OC(C)=O)C3CCC(C)=C(C[C@@H](OC(C)=O)[C@]2(C)CC[C@@H]1OC(=O)c1ccco1)C3(C)C. The number of allylic oxidation sites excluding steroid dienone is 1. The Morgan fingerprint density at radius 2 is 1.75 bits per heavy atom. The lowest BCUT2D eigenvalue weighted by atomic mass is 9.50. The molecule has 0 radical (unpaired) electrons. The third kappa shape index (κ3) is 4.53. The van der Waals surface area contributed by atoms with Gasteiger partial charge in [-0.05, 0) is 55.7 Å². The molecule has 1 heterocycles. The van der Waals surface area contributed by atoms with Crippen LogP contribution in [0.5, 0.6) is 0 Å². The average molecular weight is 499 g/mol. The van der Waals surface area contributed by atoms with Crippen LogP contribution in [0.3, 0.4) is 0 Å². The second kappa shape index (κ2) is 9.56. The number of fused-ring (bicyclic) bond motifs is 3. The number of hydrogen-bond acceptors (Lipinski definition) is 7. The monoisotopic (exact) mass is 498 g/mol. The highest BCUT2D eigenvalue weighted by molar-refractivity contribution is 5.86. The van der Waals surface area contributed by atoms with Gasteiger partial charge in [0.25, 0.3) is 0 Å².